The van der Waals surface area contributed by atoms with Crippen molar-refractivity contribution in [3.8, 4) is 0 Å². The summed E-state index contributed by atoms with van der Waals surface area (Å²) in [6, 6.07) is 0. The van der Waals surface area contributed by atoms with Crippen LogP contribution in [0.1, 0.15) is 146 Å². The number of esters is 2. The molecule has 5 fully saturated rings. The Morgan fingerprint density at radius 3 is 2.15 bits per heavy atom. The van der Waals surface area contributed by atoms with E-state index in [0.717, 1.165) is 38.5 Å². The van der Waals surface area contributed by atoms with Gasteiger partial charge in [0.15, 0.2) is 0 Å². The fourth-order valence-electron chi connectivity index (χ4n) is 13.2. The highest BCUT2D eigenvalue weighted by molar-refractivity contribution is 5.73. The molecule has 0 bridgehead atoms. The van der Waals surface area contributed by atoms with Crippen LogP contribution in [-0.4, -0.2) is 35.7 Å². The minimum Gasteiger partial charge on any atom is -0.481 e. The third-order valence-electron chi connectivity index (χ3n) is 15.7. The number of ether oxygens (including phenoxy) is 2. The molecule has 0 amide bonds. The predicted molar refractivity (Wildman–Crippen MR) is 185 cm³/mol. The first-order valence-corrected chi connectivity index (χ1v) is 18.9. The van der Waals surface area contributed by atoms with Gasteiger partial charge < -0.3 is 14.6 Å². The molecule has 5 aliphatic carbocycles. The Labute approximate surface area is 285 Å². The van der Waals surface area contributed by atoms with Gasteiger partial charge in [0.25, 0.3) is 0 Å². The van der Waals surface area contributed by atoms with Gasteiger partial charge in [-0.2, -0.15) is 0 Å². The van der Waals surface area contributed by atoms with Crippen LogP contribution in [0.2, 0.25) is 0 Å². The number of carbonyl (C=O) groups is 3. The van der Waals surface area contributed by atoms with Gasteiger partial charge in [-0.15, -0.1) is 0 Å². The van der Waals surface area contributed by atoms with E-state index in [1.807, 2.05) is 27.7 Å². The van der Waals surface area contributed by atoms with Crippen LogP contribution in [0, 0.1) is 68.0 Å². The van der Waals surface area contributed by atoms with Crippen LogP contribution >= 0.6 is 0 Å². The smallest absolute Gasteiger partial charge is 0.308 e. The number of carbonyl (C=O) groups excluding carboxylic acids is 2. The Bertz CT molecular complexity index is 1260. The van der Waals surface area contributed by atoms with Crippen LogP contribution in [0.15, 0.2) is 12.2 Å². The molecule has 0 aliphatic heterocycles. The molecular formula is C41H66O6. The van der Waals surface area contributed by atoms with E-state index in [-0.39, 0.29) is 63.9 Å². The summed E-state index contributed by atoms with van der Waals surface area (Å²) in [5, 5.41) is 9.31. The molecule has 0 aromatic carbocycles. The summed E-state index contributed by atoms with van der Waals surface area (Å²) in [4.78, 5) is 37.2. The highest BCUT2D eigenvalue weighted by Crippen LogP contribution is 2.77. The SMILES string of the molecule is C=C(C)[C@@H]1CC[C@]2(COC(=O)C(C)C)CC[C@]3(C)[C@H](CCC4[C@@]5(C)CC[C@H](OC(=O)CC(C)(C)CC(=O)O)C(C)(C)C5CC[C@]43C)C12. The Morgan fingerprint density at radius 2 is 1.53 bits per heavy atom. The van der Waals surface area contributed by atoms with Crippen LogP contribution < -0.4 is 0 Å². The molecule has 5 saturated carbocycles. The van der Waals surface area contributed by atoms with Gasteiger partial charge in [0.2, 0.25) is 0 Å². The van der Waals surface area contributed by atoms with Crippen molar-refractivity contribution in [1.82, 2.24) is 0 Å². The summed E-state index contributed by atoms with van der Waals surface area (Å²) in [5.41, 5.74) is 1.17. The lowest BCUT2D eigenvalue weighted by atomic mass is 9.32. The number of carboxylic acids is 1. The van der Waals surface area contributed by atoms with Crippen LogP contribution in [0.4, 0.5) is 0 Å². The zero-order valence-corrected chi connectivity index (χ0v) is 31.4. The van der Waals surface area contributed by atoms with E-state index in [2.05, 4.69) is 48.1 Å². The summed E-state index contributed by atoms with van der Waals surface area (Å²) < 4.78 is 12.3. The lowest BCUT2D eigenvalue weighted by molar-refractivity contribution is -0.252. The predicted octanol–water partition coefficient (Wildman–Crippen LogP) is 9.65. The average Bonchev–Trinajstić information content (AvgIpc) is 3.33. The molecule has 266 valence electrons. The second-order valence-corrected chi connectivity index (χ2v) is 19.6. The highest BCUT2D eigenvalue weighted by atomic mass is 16.5. The van der Waals surface area contributed by atoms with Gasteiger partial charge in [0, 0.05) is 10.8 Å². The standard InChI is InChI=1S/C41H66O6/c1-25(2)27-14-19-41(24-46-35(45)26(3)4)21-20-39(10)28(34(27)41)12-13-30-38(9)17-16-31(37(7,8)29(38)15-18-40(30,39)11)47-33(44)23-36(5,6)22-32(42)43/h26-31,34H,1,12-24H2,2-11H3,(H,42,43)/t27-,28+,29?,30?,31-,34?,38-,39+,40+,41+/m0/s1. The fourth-order valence-corrected chi connectivity index (χ4v) is 13.2. The first-order valence-electron chi connectivity index (χ1n) is 18.9. The Hall–Kier alpha value is -1.85. The van der Waals surface area contributed by atoms with Crippen molar-refractivity contribution in [1.29, 1.82) is 0 Å². The van der Waals surface area contributed by atoms with Gasteiger partial charge in [-0.05, 0) is 122 Å². The number of hydrogen-bond donors (Lipinski definition) is 1. The molecule has 0 aromatic rings. The molecule has 0 radical (unpaired) electrons. The lowest BCUT2D eigenvalue weighted by Gasteiger charge is -2.73. The molecule has 0 aromatic heterocycles. The minimum absolute atomic E-state index is 0.0466. The van der Waals surface area contributed by atoms with E-state index in [9.17, 15) is 19.5 Å². The highest BCUT2D eigenvalue weighted by Gasteiger charge is 2.71. The van der Waals surface area contributed by atoms with Crippen LogP contribution in [0.25, 0.3) is 0 Å². The minimum atomic E-state index is -0.883. The number of rotatable bonds is 9. The first-order chi connectivity index (χ1) is 21.6. The molecule has 0 spiro atoms. The number of allylic oxidation sites excluding steroid dienone is 1. The monoisotopic (exact) mass is 654 g/mol. The second kappa shape index (κ2) is 12.2. The largest absolute Gasteiger partial charge is 0.481 e. The molecular weight excluding hydrogens is 588 g/mol. The first kappa shape index (κ1) is 36.4. The molecule has 10 atom stereocenters. The number of carboxylic acid groups (broad SMARTS) is 1. The van der Waals surface area contributed by atoms with Crippen molar-refractivity contribution >= 4 is 17.9 Å². The van der Waals surface area contributed by atoms with Crippen molar-refractivity contribution in [2.75, 3.05) is 6.61 Å². The molecule has 6 nitrogen and oxygen atoms in total. The maximum Gasteiger partial charge on any atom is 0.308 e. The van der Waals surface area contributed by atoms with E-state index >= 15 is 0 Å². The Balaban J connectivity index is 1.39. The summed E-state index contributed by atoms with van der Waals surface area (Å²) in [6.07, 6.45) is 11.3. The quantitative estimate of drug-likeness (QED) is 0.197. The molecule has 5 rings (SSSR count). The summed E-state index contributed by atoms with van der Waals surface area (Å²) in [7, 11) is 0. The molecule has 0 heterocycles. The molecule has 5 aliphatic rings. The molecule has 3 unspecified atom stereocenters. The van der Waals surface area contributed by atoms with E-state index in [0.29, 0.717) is 36.2 Å². The maximum absolute atomic E-state index is 13.2. The van der Waals surface area contributed by atoms with Gasteiger partial charge in [0.1, 0.15) is 6.10 Å². The van der Waals surface area contributed by atoms with E-state index in [1.54, 1.807) is 0 Å². The number of hydrogen-bond acceptors (Lipinski definition) is 5. The van der Waals surface area contributed by atoms with E-state index in [4.69, 9.17) is 9.47 Å². The fraction of sp³-hybridized carbons (Fsp3) is 0.878. The van der Waals surface area contributed by atoms with Gasteiger partial charge >= 0.3 is 17.9 Å². The summed E-state index contributed by atoms with van der Waals surface area (Å²) >= 11 is 0. The van der Waals surface area contributed by atoms with Crippen LogP contribution in [0.5, 0.6) is 0 Å². The van der Waals surface area contributed by atoms with E-state index in [1.165, 1.54) is 31.3 Å². The van der Waals surface area contributed by atoms with Gasteiger partial charge in [-0.1, -0.05) is 74.5 Å². The van der Waals surface area contributed by atoms with Crippen molar-refractivity contribution in [2.45, 2.75) is 152 Å². The van der Waals surface area contributed by atoms with E-state index < -0.39 is 11.4 Å². The third-order valence-corrected chi connectivity index (χ3v) is 15.7. The maximum atomic E-state index is 13.2. The zero-order valence-electron chi connectivity index (χ0n) is 31.4. The summed E-state index contributed by atoms with van der Waals surface area (Å²) in [5.74, 6) is 1.35. The number of fused-ring (bicyclic) bond motifs is 7. The molecule has 1 N–H and O–H groups in total. The Morgan fingerprint density at radius 1 is 0.851 bits per heavy atom. The van der Waals surface area contributed by atoms with Crippen LogP contribution in [-0.2, 0) is 23.9 Å². The van der Waals surface area contributed by atoms with Crippen molar-refractivity contribution in [2.24, 2.45) is 68.0 Å². The molecule has 47 heavy (non-hydrogen) atoms. The lowest BCUT2D eigenvalue weighted by Crippen LogP contribution is -2.67. The normalized spacial score (nSPS) is 42.4. The topological polar surface area (TPSA) is 89.9 Å². The number of aliphatic carboxylic acids is 1. The van der Waals surface area contributed by atoms with Gasteiger partial charge in [0.05, 0.1) is 25.4 Å². The van der Waals surface area contributed by atoms with Gasteiger partial charge in [-0.3, -0.25) is 14.4 Å². The molecule has 0 saturated heterocycles. The molecule has 6 heteroatoms. The summed E-state index contributed by atoms with van der Waals surface area (Å²) in [6.45, 7) is 27.4. The second-order valence-electron chi connectivity index (χ2n) is 19.6. The van der Waals surface area contributed by atoms with Crippen LogP contribution in [0.3, 0.4) is 0 Å². The van der Waals surface area contributed by atoms with Gasteiger partial charge in [-0.25, -0.2) is 0 Å². The third kappa shape index (κ3) is 5.92. The van der Waals surface area contributed by atoms with Crippen molar-refractivity contribution in [3.63, 3.8) is 0 Å². The van der Waals surface area contributed by atoms with Crippen molar-refractivity contribution < 1.29 is 29.0 Å². The zero-order chi connectivity index (χ0) is 35.0. The Kier molecular flexibility index (Phi) is 9.44. The van der Waals surface area contributed by atoms with Crippen molar-refractivity contribution in [3.05, 3.63) is 12.2 Å². The average molecular weight is 655 g/mol.